The van der Waals surface area contributed by atoms with Gasteiger partial charge in [-0.2, -0.15) is 4.98 Å². The third-order valence-corrected chi connectivity index (χ3v) is 3.62. The zero-order valence-electron chi connectivity index (χ0n) is 12.3. The Morgan fingerprint density at radius 2 is 1.95 bits per heavy atom. The second kappa shape index (κ2) is 5.42. The van der Waals surface area contributed by atoms with Crippen molar-refractivity contribution in [2.45, 2.75) is 38.8 Å². The molecule has 0 saturated carbocycles. The summed E-state index contributed by atoms with van der Waals surface area (Å²) in [5.41, 5.74) is -0.901. The van der Waals surface area contributed by atoms with Crippen molar-refractivity contribution in [1.29, 1.82) is 0 Å². The molecule has 1 aliphatic rings. The zero-order chi connectivity index (χ0) is 14.9. The molecule has 0 unspecified atom stereocenters. The van der Waals surface area contributed by atoms with Crippen molar-refractivity contribution in [3.05, 3.63) is 24.2 Å². The van der Waals surface area contributed by atoms with Crippen molar-refractivity contribution < 1.29 is 8.91 Å². The van der Waals surface area contributed by atoms with Crippen LogP contribution in [0.3, 0.4) is 0 Å². The van der Waals surface area contributed by atoms with Crippen molar-refractivity contribution in [3.8, 4) is 11.4 Å². The number of piperidine rings is 1. The quantitative estimate of drug-likeness (QED) is 0.868. The van der Waals surface area contributed by atoms with Crippen LogP contribution in [-0.4, -0.2) is 28.2 Å². The number of rotatable bonds is 3. The second-order valence-corrected chi connectivity index (χ2v) is 5.85. The first kappa shape index (κ1) is 14.0. The van der Waals surface area contributed by atoms with Gasteiger partial charge in [-0.1, -0.05) is 5.16 Å². The van der Waals surface area contributed by atoms with Gasteiger partial charge < -0.3 is 9.42 Å². The van der Waals surface area contributed by atoms with Gasteiger partial charge in [-0.15, -0.1) is 0 Å². The number of halogens is 1. The lowest BCUT2D eigenvalue weighted by molar-refractivity contribution is 0.155. The number of hydrogen-bond donors (Lipinski definition) is 0. The maximum atomic E-state index is 13.7. The summed E-state index contributed by atoms with van der Waals surface area (Å²) in [6, 6.07) is 3.86. The van der Waals surface area contributed by atoms with E-state index in [0.717, 1.165) is 24.5 Å². The molecular weight excluding hydrogens is 271 g/mol. The van der Waals surface area contributed by atoms with E-state index >= 15 is 0 Å². The summed E-state index contributed by atoms with van der Waals surface area (Å²) < 4.78 is 18.7. The van der Waals surface area contributed by atoms with Crippen LogP contribution >= 0.6 is 0 Å². The lowest BCUT2D eigenvalue weighted by atomic mass is 10.1. The van der Waals surface area contributed by atoms with Crippen LogP contribution in [0.15, 0.2) is 22.9 Å². The molecule has 2 aromatic heterocycles. The van der Waals surface area contributed by atoms with Gasteiger partial charge >= 0.3 is 0 Å². The van der Waals surface area contributed by atoms with Gasteiger partial charge in [0, 0.05) is 24.8 Å². The fourth-order valence-electron chi connectivity index (χ4n) is 2.41. The molecule has 2 aromatic rings. The summed E-state index contributed by atoms with van der Waals surface area (Å²) >= 11 is 0. The minimum absolute atomic E-state index is 0.0161. The normalized spacial score (nSPS) is 16.2. The van der Waals surface area contributed by atoms with Crippen LogP contribution in [-0.2, 0) is 5.67 Å². The van der Waals surface area contributed by atoms with Gasteiger partial charge in [-0.3, -0.25) is 0 Å². The fraction of sp³-hybridized carbons (Fsp3) is 0.533. The molecule has 0 aromatic carbocycles. The van der Waals surface area contributed by atoms with Crippen molar-refractivity contribution in [1.82, 2.24) is 15.1 Å². The molecule has 6 heteroatoms. The molecule has 3 rings (SSSR count). The highest BCUT2D eigenvalue weighted by molar-refractivity contribution is 5.56. The molecule has 21 heavy (non-hydrogen) atoms. The minimum atomic E-state index is -1.63. The molecule has 5 nitrogen and oxygen atoms in total. The number of hydrogen-bond acceptors (Lipinski definition) is 5. The Kier molecular flexibility index (Phi) is 3.61. The Morgan fingerprint density at radius 3 is 2.52 bits per heavy atom. The summed E-state index contributed by atoms with van der Waals surface area (Å²) in [6.07, 6.45) is 5.43. The van der Waals surface area contributed by atoms with Gasteiger partial charge in [0.1, 0.15) is 5.82 Å². The lowest BCUT2D eigenvalue weighted by Gasteiger charge is -2.27. The third-order valence-electron chi connectivity index (χ3n) is 3.62. The monoisotopic (exact) mass is 290 g/mol. The molecule has 0 bridgehead atoms. The molecule has 0 radical (unpaired) electrons. The van der Waals surface area contributed by atoms with E-state index in [1.54, 1.807) is 6.20 Å². The Bertz CT molecular complexity index is 597. The number of anilines is 1. The molecule has 0 atom stereocenters. The number of nitrogens with zero attached hydrogens (tertiary/aromatic N) is 4. The molecule has 112 valence electrons. The van der Waals surface area contributed by atoms with E-state index in [0.29, 0.717) is 5.82 Å². The first-order valence-corrected chi connectivity index (χ1v) is 7.28. The SMILES string of the molecule is CC(C)(F)c1nc(-c2ccc(N3CCCCC3)nc2)no1. The van der Waals surface area contributed by atoms with Crippen LogP contribution in [0.4, 0.5) is 10.2 Å². The minimum Gasteiger partial charge on any atom is -0.357 e. The van der Waals surface area contributed by atoms with Crippen LogP contribution in [0, 0.1) is 0 Å². The predicted octanol–water partition coefficient (Wildman–Crippen LogP) is 3.33. The van der Waals surface area contributed by atoms with Crippen molar-refractivity contribution in [3.63, 3.8) is 0 Å². The van der Waals surface area contributed by atoms with Crippen LogP contribution in [0.2, 0.25) is 0 Å². The molecule has 1 saturated heterocycles. The Morgan fingerprint density at radius 1 is 1.19 bits per heavy atom. The van der Waals surface area contributed by atoms with Gasteiger partial charge in [0.15, 0.2) is 5.67 Å². The Labute approximate surface area is 123 Å². The first-order valence-electron chi connectivity index (χ1n) is 7.28. The van der Waals surface area contributed by atoms with E-state index in [1.807, 2.05) is 12.1 Å². The summed E-state index contributed by atoms with van der Waals surface area (Å²) in [5, 5.41) is 3.82. The topological polar surface area (TPSA) is 55.1 Å². The highest BCUT2D eigenvalue weighted by Gasteiger charge is 2.27. The molecule has 1 aliphatic heterocycles. The van der Waals surface area contributed by atoms with Gasteiger partial charge in [-0.05, 0) is 45.2 Å². The molecule has 0 N–H and O–H groups in total. The summed E-state index contributed by atoms with van der Waals surface area (Å²) in [4.78, 5) is 10.8. The second-order valence-electron chi connectivity index (χ2n) is 5.85. The smallest absolute Gasteiger partial charge is 0.264 e. The van der Waals surface area contributed by atoms with E-state index in [-0.39, 0.29) is 5.89 Å². The molecule has 0 spiro atoms. The maximum absolute atomic E-state index is 13.7. The van der Waals surface area contributed by atoms with E-state index in [2.05, 4.69) is 20.0 Å². The first-order chi connectivity index (χ1) is 10.0. The van der Waals surface area contributed by atoms with Gasteiger partial charge in [-0.25, -0.2) is 9.37 Å². The average molecular weight is 290 g/mol. The summed E-state index contributed by atoms with van der Waals surface area (Å²) in [7, 11) is 0. The summed E-state index contributed by atoms with van der Waals surface area (Å²) in [6.45, 7) is 4.88. The van der Waals surface area contributed by atoms with E-state index in [4.69, 9.17) is 4.52 Å². The highest BCUT2D eigenvalue weighted by atomic mass is 19.1. The molecular formula is C15H19FN4O. The largest absolute Gasteiger partial charge is 0.357 e. The average Bonchev–Trinajstić information content (AvgIpc) is 2.98. The van der Waals surface area contributed by atoms with Crippen LogP contribution in [0.25, 0.3) is 11.4 Å². The lowest BCUT2D eigenvalue weighted by Crippen LogP contribution is -2.29. The molecule has 0 aliphatic carbocycles. The highest BCUT2D eigenvalue weighted by Crippen LogP contribution is 2.26. The molecule has 3 heterocycles. The molecule has 0 amide bonds. The van der Waals surface area contributed by atoms with E-state index in [9.17, 15) is 4.39 Å². The van der Waals surface area contributed by atoms with Gasteiger partial charge in [0.05, 0.1) is 0 Å². The van der Waals surface area contributed by atoms with Crippen molar-refractivity contribution in [2.75, 3.05) is 18.0 Å². The van der Waals surface area contributed by atoms with Crippen molar-refractivity contribution in [2.24, 2.45) is 0 Å². The zero-order valence-corrected chi connectivity index (χ0v) is 12.3. The van der Waals surface area contributed by atoms with Crippen LogP contribution in [0.1, 0.15) is 39.0 Å². The van der Waals surface area contributed by atoms with Crippen LogP contribution < -0.4 is 4.90 Å². The Balaban J connectivity index is 1.79. The standard InChI is InChI=1S/C15H19FN4O/c1-15(2,16)14-18-13(19-21-14)11-6-7-12(17-10-11)20-8-4-3-5-9-20/h6-7,10H,3-5,8-9H2,1-2H3. The van der Waals surface area contributed by atoms with Gasteiger partial charge in [0.2, 0.25) is 5.82 Å². The number of alkyl halides is 1. The maximum Gasteiger partial charge on any atom is 0.264 e. The summed E-state index contributed by atoms with van der Waals surface area (Å²) in [5.74, 6) is 1.32. The third kappa shape index (κ3) is 3.04. The van der Waals surface area contributed by atoms with E-state index in [1.165, 1.54) is 33.1 Å². The number of pyridine rings is 1. The van der Waals surface area contributed by atoms with Gasteiger partial charge in [0.25, 0.3) is 5.89 Å². The van der Waals surface area contributed by atoms with E-state index < -0.39 is 5.67 Å². The molecule has 1 fully saturated rings. The van der Waals surface area contributed by atoms with Crippen LogP contribution in [0.5, 0.6) is 0 Å². The predicted molar refractivity (Wildman–Crippen MR) is 77.7 cm³/mol. The van der Waals surface area contributed by atoms with Crippen molar-refractivity contribution >= 4 is 5.82 Å². The Hall–Kier alpha value is -1.98. The fourth-order valence-corrected chi connectivity index (χ4v) is 2.41. The number of aromatic nitrogens is 3.